The maximum absolute atomic E-state index is 12.8. The summed E-state index contributed by atoms with van der Waals surface area (Å²) in [5.41, 5.74) is 3.38. The molecule has 0 saturated carbocycles. The molecule has 8 nitrogen and oxygen atoms in total. The number of nitrogens with one attached hydrogen (secondary N) is 1. The van der Waals surface area contributed by atoms with E-state index in [0.717, 1.165) is 23.3 Å². The number of likely N-dealkylation sites (tertiary alicyclic amines) is 1. The van der Waals surface area contributed by atoms with Crippen LogP contribution in [0.2, 0.25) is 0 Å². The van der Waals surface area contributed by atoms with E-state index in [4.69, 9.17) is 9.26 Å². The van der Waals surface area contributed by atoms with Gasteiger partial charge in [0.15, 0.2) is 0 Å². The zero-order valence-corrected chi connectivity index (χ0v) is 19.9. The largest absolute Gasteiger partial charge is 0.497 e. The van der Waals surface area contributed by atoms with Gasteiger partial charge in [-0.25, -0.2) is 0 Å². The number of nitrogens with zero attached hydrogens (tertiary/aromatic N) is 3. The van der Waals surface area contributed by atoms with E-state index >= 15 is 0 Å². The molecule has 1 fully saturated rings. The summed E-state index contributed by atoms with van der Waals surface area (Å²) in [5.74, 6) is 1.11. The monoisotopic (exact) mass is 482 g/mol. The molecule has 0 radical (unpaired) electrons. The molecular weight excluding hydrogens is 456 g/mol. The van der Waals surface area contributed by atoms with Crippen molar-refractivity contribution in [1.82, 2.24) is 15.0 Å². The molecule has 2 heterocycles. The van der Waals surface area contributed by atoms with Crippen LogP contribution in [0, 0.1) is 5.92 Å². The van der Waals surface area contributed by atoms with E-state index in [1.165, 1.54) is 5.56 Å². The first-order chi connectivity index (χ1) is 17.6. The van der Waals surface area contributed by atoms with Crippen LogP contribution < -0.4 is 10.1 Å². The number of aromatic nitrogens is 2. The van der Waals surface area contributed by atoms with Gasteiger partial charge in [-0.3, -0.25) is 9.59 Å². The normalized spacial score (nSPS) is 15.2. The first kappa shape index (κ1) is 23.3. The predicted octanol–water partition coefficient (Wildman–Crippen LogP) is 4.44. The third kappa shape index (κ3) is 5.27. The van der Waals surface area contributed by atoms with Crippen LogP contribution in [0.5, 0.6) is 5.75 Å². The fraction of sp³-hybridized carbons (Fsp3) is 0.214. The summed E-state index contributed by atoms with van der Waals surface area (Å²) in [7, 11) is 1.61. The van der Waals surface area contributed by atoms with Gasteiger partial charge in [0, 0.05) is 36.3 Å². The predicted molar refractivity (Wildman–Crippen MR) is 135 cm³/mol. The average molecular weight is 483 g/mol. The molecule has 0 bridgehead atoms. The van der Waals surface area contributed by atoms with E-state index in [-0.39, 0.29) is 24.2 Å². The van der Waals surface area contributed by atoms with Gasteiger partial charge < -0.3 is 19.5 Å². The van der Waals surface area contributed by atoms with Crippen molar-refractivity contribution in [3.05, 3.63) is 84.4 Å². The molecule has 2 amide bonds. The Labute approximate surface area is 208 Å². The molecule has 3 aromatic carbocycles. The molecule has 1 aromatic heterocycles. The minimum Gasteiger partial charge on any atom is -0.497 e. The second-order valence-corrected chi connectivity index (χ2v) is 8.69. The SMILES string of the molecule is COc1ccc(-c2noc(-c3ccc(NC(=O)C4CC(=O)N(CCc5ccccc5)C4)cc3)n2)cc1. The number of methoxy groups -OCH3 is 1. The molecule has 0 spiro atoms. The van der Waals surface area contributed by atoms with Gasteiger partial charge in [0.1, 0.15) is 5.75 Å². The maximum Gasteiger partial charge on any atom is 0.258 e. The van der Waals surface area contributed by atoms with Gasteiger partial charge in [-0.2, -0.15) is 4.98 Å². The number of hydrogen-bond donors (Lipinski definition) is 1. The van der Waals surface area contributed by atoms with E-state index in [0.29, 0.717) is 30.5 Å². The Morgan fingerprint density at radius 3 is 2.47 bits per heavy atom. The number of carbonyl (C=O) groups is 2. The number of rotatable bonds is 8. The van der Waals surface area contributed by atoms with Crippen LogP contribution in [0.25, 0.3) is 22.8 Å². The van der Waals surface area contributed by atoms with Crippen molar-refractivity contribution < 1.29 is 18.8 Å². The summed E-state index contributed by atoms with van der Waals surface area (Å²) in [6, 6.07) is 24.6. The Morgan fingerprint density at radius 1 is 1.03 bits per heavy atom. The van der Waals surface area contributed by atoms with Gasteiger partial charge in [0.05, 0.1) is 13.0 Å². The first-order valence-electron chi connectivity index (χ1n) is 11.8. The number of ether oxygens (including phenoxy) is 1. The molecule has 8 heteroatoms. The lowest BCUT2D eigenvalue weighted by Crippen LogP contribution is -2.30. The van der Waals surface area contributed by atoms with E-state index in [1.54, 1.807) is 24.1 Å². The Morgan fingerprint density at radius 2 is 1.75 bits per heavy atom. The fourth-order valence-corrected chi connectivity index (χ4v) is 4.21. The number of carbonyl (C=O) groups excluding carboxylic acids is 2. The van der Waals surface area contributed by atoms with Crippen molar-refractivity contribution in [1.29, 1.82) is 0 Å². The van der Waals surface area contributed by atoms with Crippen LogP contribution in [0.15, 0.2) is 83.4 Å². The molecule has 1 aliphatic rings. The van der Waals surface area contributed by atoms with Gasteiger partial charge in [0.2, 0.25) is 17.6 Å². The van der Waals surface area contributed by atoms with Crippen LogP contribution in [0.4, 0.5) is 5.69 Å². The molecular formula is C28H26N4O4. The number of hydrogen-bond acceptors (Lipinski definition) is 6. The van der Waals surface area contributed by atoms with E-state index in [1.807, 2.05) is 66.7 Å². The van der Waals surface area contributed by atoms with Crippen molar-refractivity contribution in [3.8, 4) is 28.6 Å². The second kappa shape index (κ2) is 10.4. The second-order valence-electron chi connectivity index (χ2n) is 8.69. The highest BCUT2D eigenvalue weighted by molar-refractivity contribution is 5.97. The minimum absolute atomic E-state index is 0.0190. The van der Waals surface area contributed by atoms with Crippen molar-refractivity contribution in [2.24, 2.45) is 5.92 Å². The molecule has 1 atom stereocenters. The third-order valence-electron chi connectivity index (χ3n) is 6.27. The van der Waals surface area contributed by atoms with Gasteiger partial charge in [-0.15, -0.1) is 0 Å². The van der Waals surface area contributed by atoms with E-state index in [2.05, 4.69) is 15.5 Å². The quantitative estimate of drug-likeness (QED) is 0.399. The highest BCUT2D eigenvalue weighted by Gasteiger charge is 2.34. The summed E-state index contributed by atoms with van der Waals surface area (Å²) in [6.07, 6.45) is 1.01. The molecule has 5 rings (SSSR count). The highest BCUT2D eigenvalue weighted by Crippen LogP contribution is 2.26. The summed E-state index contributed by atoms with van der Waals surface area (Å²) < 4.78 is 10.6. The Bertz CT molecular complexity index is 1330. The smallest absolute Gasteiger partial charge is 0.258 e. The van der Waals surface area contributed by atoms with Gasteiger partial charge in [-0.05, 0) is 60.5 Å². The Kier molecular flexibility index (Phi) is 6.75. The van der Waals surface area contributed by atoms with Crippen LogP contribution >= 0.6 is 0 Å². The van der Waals surface area contributed by atoms with Crippen LogP contribution in [0.1, 0.15) is 12.0 Å². The molecule has 1 aliphatic heterocycles. The van der Waals surface area contributed by atoms with Crippen molar-refractivity contribution in [2.75, 3.05) is 25.5 Å². The number of amides is 2. The Hall–Kier alpha value is -4.46. The Balaban J connectivity index is 1.17. The van der Waals surface area contributed by atoms with E-state index < -0.39 is 0 Å². The summed E-state index contributed by atoms with van der Waals surface area (Å²) in [4.78, 5) is 31.5. The fourth-order valence-electron chi connectivity index (χ4n) is 4.21. The third-order valence-corrected chi connectivity index (χ3v) is 6.27. The molecule has 36 heavy (non-hydrogen) atoms. The number of benzene rings is 3. The lowest BCUT2D eigenvalue weighted by Gasteiger charge is -2.16. The molecule has 1 N–H and O–H groups in total. The summed E-state index contributed by atoms with van der Waals surface area (Å²) >= 11 is 0. The van der Waals surface area contributed by atoms with E-state index in [9.17, 15) is 9.59 Å². The van der Waals surface area contributed by atoms with Crippen molar-refractivity contribution >= 4 is 17.5 Å². The molecule has 4 aromatic rings. The zero-order chi connectivity index (χ0) is 24.9. The molecule has 1 unspecified atom stereocenters. The standard InChI is InChI=1S/C28H26N4O4/c1-35-24-13-9-20(10-14-24)26-30-28(36-31-26)21-7-11-23(12-8-21)29-27(34)22-17-25(33)32(18-22)16-15-19-5-3-2-4-6-19/h2-14,22H,15-18H2,1H3,(H,29,34). The van der Waals surface area contributed by atoms with Crippen molar-refractivity contribution in [3.63, 3.8) is 0 Å². The lowest BCUT2D eigenvalue weighted by atomic mass is 10.1. The first-order valence-corrected chi connectivity index (χ1v) is 11.8. The topological polar surface area (TPSA) is 97.6 Å². The average Bonchev–Trinajstić information content (AvgIpc) is 3.56. The van der Waals surface area contributed by atoms with Crippen LogP contribution in [-0.2, 0) is 16.0 Å². The van der Waals surface area contributed by atoms with Gasteiger partial charge in [-0.1, -0.05) is 35.5 Å². The molecule has 0 aliphatic carbocycles. The zero-order valence-electron chi connectivity index (χ0n) is 19.9. The van der Waals surface area contributed by atoms with Crippen LogP contribution in [0.3, 0.4) is 0 Å². The molecule has 1 saturated heterocycles. The number of anilines is 1. The summed E-state index contributed by atoms with van der Waals surface area (Å²) in [6.45, 7) is 1.05. The minimum atomic E-state index is -0.365. The van der Waals surface area contributed by atoms with Crippen LogP contribution in [-0.4, -0.2) is 47.1 Å². The maximum atomic E-state index is 12.8. The van der Waals surface area contributed by atoms with Gasteiger partial charge >= 0.3 is 0 Å². The van der Waals surface area contributed by atoms with Gasteiger partial charge in [0.25, 0.3) is 5.89 Å². The lowest BCUT2D eigenvalue weighted by molar-refractivity contribution is -0.128. The summed E-state index contributed by atoms with van der Waals surface area (Å²) in [5, 5.41) is 6.98. The highest BCUT2D eigenvalue weighted by atomic mass is 16.5. The molecule has 182 valence electrons. The van der Waals surface area contributed by atoms with Crippen molar-refractivity contribution in [2.45, 2.75) is 12.8 Å².